The second-order valence-corrected chi connectivity index (χ2v) is 8.14. The smallest absolute Gasteiger partial charge is 0.265 e. The van der Waals surface area contributed by atoms with Crippen LogP contribution in [0.1, 0.15) is 22.4 Å². The van der Waals surface area contributed by atoms with Crippen LogP contribution in [0.2, 0.25) is 0 Å². The lowest BCUT2D eigenvalue weighted by Crippen LogP contribution is -2.36. The molecule has 1 aromatic carbocycles. The molecular formula is C15H16ClNO2S2. The van der Waals surface area contributed by atoms with Crippen molar-refractivity contribution in [3.8, 4) is 0 Å². The van der Waals surface area contributed by atoms with Crippen LogP contribution in [0.15, 0.2) is 34.5 Å². The summed E-state index contributed by atoms with van der Waals surface area (Å²) in [6, 6.07) is 7.72. The SMILES string of the molecule is Cc1csc(CCl)c1S(=O)(=O)N1CCCc2ccccc21. The standard InChI is InChI=1S/C15H16ClNO2S2/c1-11-10-20-14(9-16)15(11)21(18,19)17-8-4-6-12-5-2-3-7-13(12)17/h2-3,5,7,10H,4,6,8-9H2,1H3. The van der Waals surface area contributed by atoms with Gasteiger partial charge in [-0.3, -0.25) is 4.31 Å². The van der Waals surface area contributed by atoms with E-state index in [4.69, 9.17) is 11.6 Å². The zero-order chi connectivity index (χ0) is 15.0. The van der Waals surface area contributed by atoms with Gasteiger partial charge in [-0.25, -0.2) is 8.42 Å². The predicted octanol–water partition coefficient (Wildman–Crippen LogP) is 3.94. The highest BCUT2D eigenvalue weighted by molar-refractivity contribution is 7.93. The molecule has 0 saturated carbocycles. The number of halogens is 1. The number of alkyl halides is 1. The number of rotatable bonds is 3. The van der Waals surface area contributed by atoms with Crippen LogP contribution in [0, 0.1) is 6.92 Å². The van der Waals surface area contributed by atoms with Gasteiger partial charge in [0.05, 0.1) is 11.6 Å². The van der Waals surface area contributed by atoms with Crippen molar-refractivity contribution in [1.82, 2.24) is 0 Å². The van der Waals surface area contributed by atoms with E-state index in [1.165, 1.54) is 15.6 Å². The quantitative estimate of drug-likeness (QED) is 0.793. The highest BCUT2D eigenvalue weighted by Crippen LogP contribution is 2.36. The predicted molar refractivity (Wildman–Crippen MR) is 87.9 cm³/mol. The summed E-state index contributed by atoms with van der Waals surface area (Å²) >= 11 is 7.33. The number of fused-ring (bicyclic) bond motifs is 1. The van der Waals surface area contributed by atoms with Gasteiger partial charge in [0.2, 0.25) is 0 Å². The maximum absolute atomic E-state index is 13.1. The molecule has 112 valence electrons. The van der Waals surface area contributed by atoms with Gasteiger partial charge in [-0.05, 0) is 42.3 Å². The van der Waals surface area contributed by atoms with E-state index < -0.39 is 10.0 Å². The first-order valence-electron chi connectivity index (χ1n) is 6.79. The van der Waals surface area contributed by atoms with Crippen LogP contribution < -0.4 is 4.31 Å². The van der Waals surface area contributed by atoms with Crippen LogP contribution in [0.3, 0.4) is 0 Å². The maximum atomic E-state index is 13.1. The molecule has 0 radical (unpaired) electrons. The summed E-state index contributed by atoms with van der Waals surface area (Å²) in [5.74, 6) is 0.225. The van der Waals surface area contributed by atoms with Gasteiger partial charge in [0.25, 0.3) is 10.0 Å². The number of hydrogen-bond donors (Lipinski definition) is 0. The van der Waals surface area contributed by atoms with Crippen LogP contribution in [0.4, 0.5) is 5.69 Å². The Bertz CT molecular complexity index is 768. The molecule has 2 heterocycles. The molecule has 2 aromatic rings. The van der Waals surface area contributed by atoms with E-state index in [9.17, 15) is 8.42 Å². The zero-order valence-electron chi connectivity index (χ0n) is 11.7. The van der Waals surface area contributed by atoms with Crippen LogP contribution in [-0.2, 0) is 22.3 Å². The van der Waals surface area contributed by atoms with Crippen LogP contribution in [-0.4, -0.2) is 15.0 Å². The Labute approximate surface area is 134 Å². The number of anilines is 1. The van der Waals surface area contributed by atoms with Crippen molar-refractivity contribution in [2.75, 3.05) is 10.8 Å². The summed E-state index contributed by atoms with van der Waals surface area (Å²) in [6.07, 6.45) is 1.77. The number of benzene rings is 1. The lowest BCUT2D eigenvalue weighted by molar-refractivity contribution is 0.586. The van der Waals surface area contributed by atoms with E-state index in [0.717, 1.165) is 34.5 Å². The highest BCUT2D eigenvalue weighted by atomic mass is 35.5. The first kappa shape index (κ1) is 14.9. The Hall–Kier alpha value is -1.04. The third-order valence-electron chi connectivity index (χ3n) is 3.73. The van der Waals surface area contributed by atoms with Gasteiger partial charge in [-0.1, -0.05) is 18.2 Å². The number of para-hydroxylation sites is 1. The zero-order valence-corrected chi connectivity index (χ0v) is 14.1. The molecule has 0 N–H and O–H groups in total. The normalized spacial score (nSPS) is 15.0. The maximum Gasteiger partial charge on any atom is 0.265 e. The molecule has 3 nitrogen and oxygen atoms in total. The third-order valence-corrected chi connectivity index (χ3v) is 7.43. The number of hydrogen-bond acceptors (Lipinski definition) is 3. The molecule has 6 heteroatoms. The molecule has 0 unspecified atom stereocenters. The van der Waals surface area contributed by atoms with E-state index in [2.05, 4.69) is 0 Å². The Morgan fingerprint density at radius 2 is 2.10 bits per heavy atom. The highest BCUT2D eigenvalue weighted by Gasteiger charge is 2.32. The number of aryl methyl sites for hydroxylation is 2. The number of sulfonamides is 1. The molecule has 1 aliphatic heterocycles. The van der Waals surface area contributed by atoms with Crippen molar-refractivity contribution in [2.45, 2.75) is 30.5 Å². The fraction of sp³-hybridized carbons (Fsp3) is 0.333. The molecule has 0 amide bonds. The summed E-state index contributed by atoms with van der Waals surface area (Å²) in [5.41, 5.74) is 2.67. The van der Waals surface area contributed by atoms with Crippen molar-refractivity contribution in [1.29, 1.82) is 0 Å². The first-order chi connectivity index (χ1) is 10.1. The summed E-state index contributed by atoms with van der Waals surface area (Å²) in [7, 11) is -3.55. The van der Waals surface area contributed by atoms with Crippen molar-refractivity contribution >= 4 is 38.6 Å². The van der Waals surface area contributed by atoms with Gasteiger partial charge in [-0.15, -0.1) is 22.9 Å². The van der Waals surface area contributed by atoms with Gasteiger partial charge in [0, 0.05) is 11.4 Å². The van der Waals surface area contributed by atoms with E-state index in [1.807, 2.05) is 36.6 Å². The molecular weight excluding hydrogens is 326 g/mol. The molecule has 1 aliphatic rings. The van der Waals surface area contributed by atoms with Crippen LogP contribution >= 0.6 is 22.9 Å². The van der Waals surface area contributed by atoms with E-state index in [-0.39, 0.29) is 5.88 Å². The number of nitrogens with zero attached hydrogens (tertiary/aromatic N) is 1. The fourth-order valence-corrected chi connectivity index (χ4v) is 6.34. The van der Waals surface area contributed by atoms with E-state index in [1.54, 1.807) is 0 Å². The Morgan fingerprint density at radius 3 is 2.86 bits per heavy atom. The van der Waals surface area contributed by atoms with Gasteiger partial charge in [-0.2, -0.15) is 0 Å². The fourth-order valence-electron chi connectivity index (χ4n) is 2.78. The second-order valence-electron chi connectivity index (χ2n) is 5.11. The minimum atomic E-state index is -3.55. The minimum Gasteiger partial charge on any atom is -0.266 e. The van der Waals surface area contributed by atoms with Crippen molar-refractivity contribution in [3.05, 3.63) is 45.6 Å². The molecule has 0 bridgehead atoms. The summed E-state index contributed by atoms with van der Waals surface area (Å²) in [6.45, 7) is 2.35. The van der Waals surface area contributed by atoms with Crippen LogP contribution in [0.25, 0.3) is 0 Å². The average Bonchev–Trinajstić information content (AvgIpc) is 2.88. The topological polar surface area (TPSA) is 37.4 Å². The number of thiophene rings is 1. The Balaban J connectivity index is 2.14. The van der Waals surface area contributed by atoms with E-state index >= 15 is 0 Å². The van der Waals surface area contributed by atoms with Crippen LogP contribution in [0.5, 0.6) is 0 Å². The Morgan fingerprint density at radius 1 is 1.33 bits per heavy atom. The summed E-state index contributed by atoms with van der Waals surface area (Å²) in [4.78, 5) is 1.11. The van der Waals surface area contributed by atoms with Gasteiger partial charge >= 0.3 is 0 Å². The second kappa shape index (κ2) is 5.63. The largest absolute Gasteiger partial charge is 0.266 e. The van der Waals surface area contributed by atoms with E-state index in [0.29, 0.717) is 11.4 Å². The monoisotopic (exact) mass is 341 g/mol. The lowest BCUT2D eigenvalue weighted by Gasteiger charge is -2.30. The molecule has 0 atom stereocenters. The minimum absolute atomic E-state index is 0.225. The van der Waals surface area contributed by atoms with Crippen molar-refractivity contribution in [2.24, 2.45) is 0 Å². The average molecular weight is 342 g/mol. The molecule has 3 rings (SSSR count). The molecule has 0 saturated heterocycles. The third kappa shape index (κ3) is 2.47. The van der Waals surface area contributed by atoms with Gasteiger partial charge < -0.3 is 0 Å². The molecule has 0 aliphatic carbocycles. The van der Waals surface area contributed by atoms with Gasteiger partial charge in [0.15, 0.2) is 0 Å². The summed E-state index contributed by atoms with van der Waals surface area (Å²) in [5, 5.41) is 1.86. The van der Waals surface area contributed by atoms with Gasteiger partial charge in [0.1, 0.15) is 4.90 Å². The first-order valence-corrected chi connectivity index (χ1v) is 9.64. The van der Waals surface area contributed by atoms with Crippen molar-refractivity contribution in [3.63, 3.8) is 0 Å². The molecule has 0 fully saturated rings. The molecule has 1 aromatic heterocycles. The summed E-state index contributed by atoms with van der Waals surface area (Å²) < 4.78 is 27.7. The Kier molecular flexibility index (Phi) is 3.99. The lowest BCUT2D eigenvalue weighted by atomic mass is 10.0. The molecule has 21 heavy (non-hydrogen) atoms. The van der Waals surface area contributed by atoms with Crippen molar-refractivity contribution < 1.29 is 8.42 Å². The molecule has 0 spiro atoms.